The maximum atomic E-state index is 13.7. The molecule has 1 heterocycles. The van der Waals surface area contributed by atoms with Crippen LogP contribution in [0.3, 0.4) is 0 Å². The summed E-state index contributed by atoms with van der Waals surface area (Å²) in [6.07, 6.45) is 2.55. The van der Waals surface area contributed by atoms with E-state index in [9.17, 15) is 13.6 Å². The van der Waals surface area contributed by atoms with Gasteiger partial charge in [0.2, 0.25) is 0 Å². The largest absolute Gasteiger partial charge is 0.350 e. The molecule has 1 atom stereocenters. The third-order valence-corrected chi connectivity index (χ3v) is 3.72. The quantitative estimate of drug-likeness (QED) is 0.865. The lowest BCUT2D eigenvalue weighted by Gasteiger charge is -2.15. The van der Waals surface area contributed by atoms with Crippen LogP contribution in [0.2, 0.25) is 0 Å². The normalized spacial score (nSPS) is 18.9. The molecular formula is C12H12F2N2OS2. The fourth-order valence-corrected chi connectivity index (χ4v) is 2.66. The summed E-state index contributed by atoms with van der Waals surface area (Å²) in [7, 11) is 0. The van der Waals surface area contributed by atoms with Crippen LogP contribution in [0.15, 0.2) is 18.2 Å². The highest BCUT2D eigenvalue weighted by Gasteiger charge is 2.37. The maximum Gasteiger partial charge on any atom is 0.255 e. The van der Waals surface area contributed by atoms with Crippen molar-refractivity contribution in [2.45, 2.75) is 12.5 Å². The second-order valence-electron chi connectivity index (χ2n) is 4.05. The molecule has 0 saturated carbocycles. The van der Waals surface area contributed by atoms with Crippen LogP contribution < -0.4 is 10.2 Å². The second kappa shape index (κ2) is 5.83. The number of thioether (sulfide) groups is 1. The van der Waals surface area contributed by atoms with E-state index >= 15 is 0 Å². The van der Waals surface area contributed by atoms with Crippen molar-refractivity contribution in [3.05, 3.63) is 29.8 Å². The molecule has 3 nitrogen and oxygen atoms in total. The Hall–Kier alpha value is -1.21. The molecule has 19 heavy (non-hydrogen) atoms. The second-order valence-corrected chi connectivity index (χ2v) is 5.43. The number of carbonyl (C=O) groups is 1. The van der Waals surface area contributed by atoms with Crippen LogP contribution in [0.5, 0.6) is 0 Å². The number of hydrogen-bond acceptors (Lipinski definition) is 3. The number of nitrogens with one attached hydrogen (secondary N) is 1. The number of carbonyl (C=O) groups excluding carboxylic acids is 1. The lowest BCUT2D eigenvalue weighted by Crippen LogP contribution is -2.32. The van der Waals surface area contributed by atoms with Crippen molar-refractivity contribution in [3.63, 3.8) is 0 Å². The molecule has 1 aromatic carbocycles. The predicted octanol–water partition coefficient (Wildman–Crippen LogP) is 2.31. The van der Waals surface area contributed by atoms with Crippen LogP contribution in [0.25, 0.3) is 0 Å². The number of hydrogen-bond donors (Lipinski definition) is 1. The van der Waals surface area contributed by atoms with Gasteiger partial charge in [-0.3, -0.25) is 9.69 Å². The molecule has 0 spiro atoms. The Morgan fingerprint density at radius 3 is 2.84 bits per heavy atom. The van der Waals surface area contributed by atoms with Crippen molar-refractivity contribution in [2.75, 3.05) is 16.9 Å². The average Bonchev–Trinajstić information content (AvgIpc) is 2.63. The van der Waals surface area contributed by atoms with Gasteiger partial charge in [-0.05, 0) is 42.8 Å². The van der Waals surface area contributed by atoms with Crippen molar-refractivity contribution in [2.24, 2.45) is 0 Å². The number of thiocarbonyl (C=S) groups is 1. The Kier molecular flexibility index (Phi) is 4.36. The van der Waals surface area contributed by atoms with Gasteiger partial charge >= 0.3 is 0 Å². The molecule has 7 heteroatoms. The van der Waals surface area contributed by atoms with Gasteiger partial charge in [-0.15, -0.1) is 0 Å². The van der Waals surface area contributed by atoms with Gasteiger partial charge in [0.05, 0.1) is 5.69 Å². The highest BCUT2D eigenvalue weighted by Crippen LogP contribution is 2.25. The van der Waals surface area contributed by atoms with Crippen molar-refractivity contribution in [1.29, 1.82) is 0 Å². The van der Waals surface area contributed by atoms with Crippen molar-refractivity contribution < 1.29 is 13.6 Å². The Balaban J connectivity index is 2.25. The monoisotopic (exact) mass is 302 g/mol. The fourth-order valence-electron chi connectivity index (χ4n) is 1.85. The van der Waals surface area contributed by atoms with Gasteiger partial charge in [-0.25, -0.2) is 8.78 Å². The number of anilines is 1. The van der Waals surface area contributed by atoms with Crippen molar-refractivity contribution >= 4 is 40.7 Å². The SMILES string of the molecule is CSCC[C@H]1NC(=S)N(c2ccc(F)cc2F)C1=O. The number of amides is 1. The number of nitrogens with zero attached hydrogens (tertiary/aromatic N) is 1. The molecule has 0 bridgehead atoms. The van der Waals surface area contributed by atoms with Crippen molar-refractivity contribution in [3.8, 4) is 0 Å². The van der Waals surface area contributed by atoms with Crippen LogP contribution in [-0.2, 0) is 4.79 Å². The van der Waals surface area contributed by atoms with E-state index in [0.29, 0.717) is 6.42 Å². The van der Waals surface area contributed by atoms with E-state index in [1.54, 1.807) is 11.8 Å². The summed E-state index contributed by atoms with van der Waals surface area (Å²) in [5.74, 6) is -0.996. The van der Waals surface area contributed by atoms with Crippen LogP contribution >= 0.6 is 24.0 Å². The summed E-state index contributed by atoms with van der Waals surface area (Å²) < 4.78 is 26.6. The first-order valence-electron chi connectivity index (χ1n) is 5.63. The van der Waals surface area contributed by atoms with Crippen molar-refractivity contribution in [1.82, 2.24) is 5.32 Å². The molecule has 0 unspecified atom stereocenters. The molecule has 102 valence electrons. The molecule has 1 fully saturated rings. The van der Waals surface area contributed by atoms with Gasteiger partial charge < -0.3 is 5.32 Å². The zero-order chi connectivity index (χ0) is 14.0. The summed E-state index contributed by atoms with van der Waals surface area (Å²) in [4.78, 5) is 13.3. The summed E-state index contributed by atoms with van der Waals surface area (Å²) in [6, 6.07) is 2.61. The molecule has 0 aliphatic carbocycles. The topological polar surface area (TPSA) is 32.3 Å². The van der Waals surface area contributed by atoms with E-state index in [-0.39, 0.29) is 16.7 Å². The summed E-state index contributed by atoms with van der Waals surface area (Å²) in [5.41, 5.74) is -0.0180. The molecule has 0 aromatic heterocycles. The third-order valence-electron chi connectivity index (χ3n) is 2.78. The number of halogens is 2. The first kappa shape index (κ1) is 14.2. The average molecular weight is 302 g/mol. The molecule has 1 aliphatic rings. The number of benzene rings is 1. The Morgan fingerprint density at radius 2 is 2.21 bits per heavy atom. The van der Waals surface area contributed by atoms with Gasteiger partial charge in [0.1, 0.15) is 17.7 Å². The molecule has 0 radical (unpaired) electrons. The van der Waals surface area contributed by atoms with E-state index in [4.69, 9.17) is 12.2 Å². The molecule has 2 rings (SSSR count). The molecule has 1 saturated heterocycles. The van der Waals surface area contributed by atoms with Gasteiger partial charge in [0, 0.05) is 6.07 Å². The van der Waals surface area contributed by atoms with E-state index in [1.807, 2.05) is 6.26 Å². The minimum atomic E-state index is -0.803. The summed E-state index contributed by atoms with van der Waals surface area (Å²) >= 11 is 6.66. The van der Waals surface area contributed by atoms with Gasteiger partial charge in [0.15, 0.2) is 5.11 Å². The lowest BCUT2D eigenvalue weighted by molar-refractivity contribution is -0.118. The summed E-state index contributed by atoms with van der Waals surface area (Å²) in [6.45, 7) is 0. The zero-order valence-electron chi connectivity index (χ0n) is 10.2. The minimum Gasteiger partial charge on any atom is -0.350 e. The third kappa shape index (κ3) is 2.87. The van der Waals surface area contributed by atoms with Gasteiger partial charge in [-0.1, -0.05) is 0 Å². The standard InChI is InChI=1S/C12H12F2N2OS2/c1-19-5-4-9-11(17)16(12(18)15-9)10-3-2-7(13)6-8(10)14/h2-3,6,9H,4-5H2,1H3,(H,15,18)/t9-/m1/s1. The Labute approximate surface area is 119 Å². The molecule has 1 N–H and O–H groups in total. The fraction of sp³-hybridized carbons (Fsp3) is 0.333. The highest BCUT2D eigenvalue weighted by molar-refractivity contribution is 7.98. The predicted molar refractivity (Wildman–Crippen MR) is 76.4 cm³/mol. The number of rotatable bonds is 4. The minimum absolute atomic E-state index is 0.0180. The zero-order valence-corrected chi connectivity index (χ0v) is 11.8. The van der Waals surface area contributed by atoms with E-state index in [1.165, 1.54) is 6.07 Å². The Bertz CT molecular complexity index is 524. The van der Waals surface area contributed by atoms with Gasteiger partial charge in [0.25, 0.3) is 5.91 Å². The summed E-state index contributed by atoms with van der Waals surface area (Å²) in [5, 5.41) is 3.02. The van der Waals surface area contributed by atoms with E-state index < -0.39 is 17.7 Å². The molecule has 1 amide bonds. The van der Waals surface area contributed by atoms with Crippen LogP contribution in [0.4, 0.5) is 14.5 Å². The smallest absolute Gasteiger partial charge is 0.255 e. The first-order valence-corrected chi connectivity index (χ1v) is 7.43. The molecular weight excluding hydrogens is 290 g/mol. The van der Waals surface area contributed by atoms with Gasteiger partial charge in [-0.2, -0.15) is 11.8 Å². The first-order chi connectivity index (χ1) is 9.04. The van der Waals surface area contributed by atoms with Crippen LogP contribution in [-0.4, -0.2) is 29.1 Å². The Morgan fingerprint density at radius 1 is 1.47 bits per heavy atom. The lowest BCUT2D eigenvalue weighted by atomic mass is 10.2. The molecule has 1 aromatic rings. The van der Waals surface area contributed by atoms with Crippen LogP contribution in [0, 0.1) is 11.6 Å². The van der Waals surface area contributed by atoms with Crippen LogP contribution in [0.1, 0.15) is 6.42 Å². The maximum absolute atomic E-state index is 13.7. The van der Waals surface area contributed by atoms with E-state index in [0.717, 1.165) is 22.8 Å². The highest BCUT2D eigenvalue weighted by atomic mass is 32.2. The van der Waals surface area contributed by atoms with E-state index in [2.05, 4.69) is 5.32 Å². The molecule has 1 aliphatic heterocycles.